The second kappa shape index (κ2) is 5.01. The Morgan fingerprint density at radius 3 is 2.76 bits per heavy atom. The summed E-state index contributed by atoms with van der Waals surface area (Å²) in [6.45, 7) is 1.83. The Balaban J connectivity index is 2.17. The van der Waals surface area contributed by atoms with Crippen molar-refractivity contribution in [1.29, 1.82) is 0 Å². The fourth-order valence-corrected chi connectivity index (χ4v) is 1.48. The van der Waals surface area contributed by atoms with Gasteiger partial charge in [-0.15, -0.1) is 0 Å². The van der Waals surface area contributed by atoms with Crippen molar-refractivity contribution in [3.63, 3.8) is 0 Å². The minimum Gasteiger partial charge on any atom is -0.304 e. The van der Waals surface area contributed by atoms with Crippen LogP contribution in [-0.2, 0) is 0 Å². The van der Waals surface area contributed by atoms with Gasteiger partial charge >= 0.3 is 0 Å². The van der Waals surface area contributed by atoms with E-state index < -0.39 is 0 Å². The third-order valence-electron chi connectivity index (χ3n) is 2.09. The number of hydrogen-bond donors (Lipinski definition) is 1. The van der Waals surface area contributed by atoms with E-state index in [1.165, 1.54) is 12.4 Å². The molecule has 0 saturated heterocycles. The monoisotopic (exact) mass is 292 g/mol. The zero-order chi connectivity index (χ0) is 12.3. The molecule has 0 aliphatic carbocycles. The van der Waals surface area contributed by atoms with Crippen molar-refractivity contribution in [2.24, 2.45) is 0 Å². The molecule has 2 aromatic heterocycles. The summed E-state index contributed by atoms with van der Waals surface area (Å²) in [6, 6.07) is 3.61. The highest BCUT2D eigenvalue weighted by Crippen LogP contribution is 2.09. The molecule has 2 heterocycles. The summed E-state index contributed by atoms with van der Waals surface area (Å²) in [5, 5.41) is 2.63. The first-order chi connectivity index (χ1) is 8.16. The molecule has 0 spiro atoms. The molecule has 2 rings (SSSR count). The standard InChI is InChI=1S/C11H9BrN4O/c1-7-3-2-4-13-10(7)11(17)16-9-6-14-8(12)5-15-9/h2-6H,1H3,(H,15,16,17). The van der Waals surface area contributed by atoms with E-state index in [4.69, 9.17) is 0 Å². The van der Waals surface area contributed by atoms with Crippen molar-refractivity contribution in [1.82, 2.24) is 15.0 Å². The van der Waals surface area contributed by atoms with E-state index in [0.717, 1.165) is 5.56 Å². The zero-order valence-electron chi connectivity index (χ0n) is 9.01. The van der Waals surface area contributed by atoms with Crippen LogP contribution >= 0.6 is 15.9 Å². The molecule has 0 unspecified atom stereocenters. The van der Waals surface area contributed by atoms with E-state index in [0.29, 0.717) is 16.1 Å². The lowest BCUT2D eigenvalue weighted by atomic mass is 10.2. The number of anilines is 1. The molecule has 0 aliphatic heterocycles. The topological polar surface area (TPSA) is 67.8 Å². The van der Waals surface area contributed by atoms with E-state index in [1.807, 2.05) is 13.0 Å². The smallest absolute Gasteiger partial charge is 0.275 e. The van der Waals surface area contributed by atoms with Gasteiger partial charge in [-0.2, -0.15) is 0 Å². The molecule has 1 N–H and O–H groups in total. The molecule has 0 atom stereocenters. The van der Waals surface area contributed by atoms with Crippen molar-refractivity contribution in [2.75, 3.05) is 5.32 Å². The molecule has 0 aromatic carbocycles. The average molecular weight is 293 g/mol. The summed E-state index contributed by atoms with van der Waals surface area (Å²) in [5.74, 6) is 0.1000. The molecular formula is C11H9BrN4O. The van der Waals surface area contributed by atoms with Crippen LogP contribution in [0.25, 0.3) is 0 Å². The van der Waals surface area contributed by atoms with Gasteiger partial charge in [0.15, 0.2) is 5.82 Å². The summed E-state index contributed by atoms with van der Waals surface area (Å²) >= 11 is 3.17. The van der Waals surface area contributed by atoms with Gasteiger partial charge in [0.25, 0.3) is 5.91 Å². The van der Waals surface area contributed by atoms with Crippen LogP contribution in [0.15, 0.2) is 35.3 Å². The highest BCUT2D eigenvalue weighted by molar-refractivity contribution is 9.10. The number of amides is 1. The lowest BCUT2D eigenvalue weighted by Gasteiger charge is -2.05. The van der Waals surface area contributed by atoms with Gasteiger partial charge in [0.1, 0.15) is 10.3 Å². The maximum Gasteiger partial charge on any atom is 0.275 e. The van der Waals surface area contributed by atoms with Crippen LogP contribution in [0.2, 0.25) is 0 Å². The largest absolute Gasteiger partial charge is 0.304 e. The maximum atomic E-state index is 11.9. The molecule has 5 nitrogen and oxygen atoms in total. The fraction of sp³-hybridized carbons (Fsp3) is 0.0909. The quantitative estimate of drug-likeness (QED) is 0.921. The van der Waals surface area contributed by atoms with Crippen LogP contribution in [0.1, 0.15) is 16.1 Å². The van der Waals surface area contributed by atoms with Crippen LogP contribution in [0.3, 0.4) is 0 Å². The van der Waals surface area contributed by atoms with Gasteiger partial charge in [0.05, 0.1) is 12.4 Å². The summed E-state index contributed by atoms with van der Waals surface area (Å²) in [6.07, 6.45) is 4.57. The first-order valence-electron chi connectivity index (χ1n) is 4.87. The van der Waals surface area contributed by atoms with Crippen molar-refractivity contribution >= 4 is 27.7 Å². The third kappa shape index (κ3) is 2.85. The average Bonchev–Trinajstić information content (AvgIpc) is 2.32. The number of carbonyl (C=O) groups is 1. The minimum atomic E-state index is -0.292. The number of aryl methyl sites for hydroxylation is 1. The molecule has 0 fully saturated rings. The molecule has 0 bridgehead atoms. The predicted octanol–water partition coefficient (Wildman–Crippen LogP) is 2.19. The molecule has 0 radical (unpaired) electrons. The lowest BCUT2D eigenvalue weighted by Crippen LogP contribution is -2.16. The molecule has 1 amide bonds. The molecule has 86 valence electrons. The van der Waals surface area contributed by atoms with Gasteiger partial charge in [-0.05, 0) is 34.5 Å². The Bertz CT molecular complexity index is 541. The number of pyridine rings is 1. The summed E-state index contributed by atoms with van der Waals surface area (Å²) in [5.41, 5.74) is 1.20. The van der Waals surface area contributed by atoms with Crippen LogP contribution in [-0.4, -0.2) is 20.9 Å². The van der Waals surface area contributed by atoms with Crippen molar-refractivity contribution in [3.05, 3.63) is 46.6 Å². The SMILES string of the molecule is Cc1cccnc1C(=O)Nc1cnc(Br)cn1. The normalized spacial score (nSPS) is 10.0. The van der Waals surface area contributed by atoms with Crippen molar-refractivity contribution in [3.8, 4) is 0 Å². The molecule has 2 aromatic rings. The predicted molar refractivity (Wildman–Crippen MR) is 66.7 cm³/mol. The highest BCUT2D eigenvalue weighted by atomic mass is 79.9. The van der Waals surface area contributed by atoms with Gasteiger partial charge in [0.2, 0.25) is 0 Å². The lowest BCUT2D eigenvalue weighted by molar-refractivity contribution is 0.102. The van der Waals surface area contributed by atoms with E-state index >= 15 is 0 Å². The molecular weight excluding hydrogens is 284 g/mol. The first kappa shape index (κ1) is 11.7. The number of nitrogens with zero attached hydrogens (tertiary/aromatic N) is 3. The van der Waals surface area contributed by atoms with Crippen LogP contribution < -0.4 is 5.32 Å². The Labute approximate surface area is 106 Å². The second-order valence-electron chi connectivity index (χ2n) is 3.35. The molecule has 6 heteroatoms. The molecule has 0 aliphatic rings. The Morgan fingerprint density at radius 2 is 2.12 bits per heavy atom. The van der Waals surface area contributed by atoms with Gasteiger partial charge in [-0.3, -0.25) is 9.78 Å². The summed E-state index contributed by atoms with van der Waals surface area (Å²) in [7, 11) is 0. The summed E-state index contributed by atoms with van der Waals surface area (Å²) < 4.78 is 0.615. The highest BCUT2D eigenvalue weighted by Gasteiger charge is 2.10. The number of carbonyl (C=O) groups excluding carboxylic acids is 1. The maximum absolute atomic E-state index is 11.9. The first-order valence-corrected chi connectivity index (χ1v) is 5.66. The van der Waals surface area contributed by atoms with E-state index in [-0.39, 0.29) is 5.91 Å². The Hall–Kier alpha value is -1.82. The van der Waals surface area contributed by atoms with E-state index in [1.54, 1.807) is 12.3 Å². The zero-order valence-corrected chi connectivity index (χ0v) is 10.6. The van der Waals surface area contributed by atoms with Crippen LogP contribution in [0.4, 0.5) is 5.82 Å². The fourth-order valence-electron chi connectivity index (χ4n) is 1.28. The number of hydrogen-bond acceptors (Lipinski definition) is 4. The second-order valence-corrected chi connectivity index (χ2v) is 4.16. The van der Waals surface area contributed by atoms with Gasteiger partial charge in [-0.25, -0.2) is 9.97 Å². The van der Waals surface area contributed by atoms with Crippen molar-refractivity contribution in [2.45, 2.75) is 6.92 Å². The van der Waals surface area contributed by atoms with Gasteiger partial charge < -0.3 is 5.32 Å². The number of rotatable bonds is 2. The Kier molecular flexibility index (Phi) is 3.43. The molecule has 17 heavy (non-hydrogen) atoms. The van der Waals surface area contributed by atoms with E-state index in [2.05, 4.69) is 36.2 Å². The Morgan fingerprint density at radius 1 is 1.29 bits per heavy atom. The summed E-state index contributed by atoms with van der Waals surface area (Å²) in [4.78, 5) is 23.9. The number of nitrogens with one attached hydrogen (secondary N) is 1. The van der Waals surface area contributed by atoms with Gasteiger partial charge in [-0.1, -0.05) is 6.07 Å². The van der Waals surface area contributed by atoms with Gasteiger partial charge in [0, 0.05) is 6.20 Å². The molecule has 0 saturated carbocycles. The number of halogens is 1. The van der Waals surface area contributed by atoms with Crippen LogP contribution in [0, 0.1) is 6.92 Å². The third-order valence-corrected chi connectivity index (χ3v) is 2.50. The number of aromatic nitrogens is 3. The van der Waals surface area contributed by atoms with E-state index in [9.17, 15) is 4.79 Å². The van der Waals surface area contributed by atoms with Crippen molar-refractivity contribution < 1.29 is 4.79 Å². The van der Waals surface area contributed by atoms with Crippen LogP contribution in [0.5, 0.6) is 0 Å². The minimum absolute atomic E-state index is 0.292.